The molecule has 4 heteroatoms. The van der Waals surface area contributed by atoms with E-state index in [1.165, 1.54) is 12.8 Å². The summed E-state index contributed by atoms with van der Waals surface area (Å²) >= 11 is 5.01. The zero-order chi connectivity index (χ0) is 14.5. The van der Waals surface area contributed by atoms with Gasteiger partial charge in [-0.25, -0.2) is 0 Å². The molecule has 0 aliphatic heterocycles. The van der Waals surface area contributed by atoms with Gasteiger partial charge >= 0.3 is 0 Å². The Kier molecular flexibility index (Phi) is 5.97. The fourth-order valence-corrected chi connectivity index (χ4v) is 3.69. The van der Waals surface area contributed by atoms with Crippen LogP contribution in [0.15, 0.2) is 33.6 Å². The first kappa shape index (κ1) is 15.9. The smallest absolute Gasteiger partial charge is 0.230 e. The van der Waals surface area contributed by atoms with Gasteiger partial charge in [0.1, 0.15) is 0 Å². The fraction of sp³-hybridized carbons (Fsp3) is 0.562. The van der Waals surface area contributed by atoms with E-state index in [9.17, 15) is 4.79 Å². The molecule has 1 N–H and O–H groups in total. The van der Waals surface area contributed by atoms with Crippen molar-refractivity contribution in [2.75, 3.05) is 5.75 Å². The van der Waals surface area contributed by atoms with Crippen molar-refractivity contribution < 1.29 is 4.79 Å². The van der Waals surface area contributed by atoms with E-state index in [4.69, 9.17) is 0 Å². The molecule has 0 unspecified atom stereocenters. The Morgan fingerprint density at radius 2 is 2.00 bits per heavy atom. The lowest BCUT2D eigenvalue weighted by Gasteiger charge is -2.34. The van der Waals surface area contributed by atoms with E-state index in [2.05, 4.69) is 35.1 Å². The highest BCUT2D eigenvalue weighted by atomic mass is 79.9. The minimum atomic E-state index is 0.156. The lowest BCUT2D eigenvalue weighted by molar-refractivity contribution is -0.119. The summed E-state index contributed by atoms with van der Waals surface area (Å²) in [6, 6.07) is 8.44. The molecule has 110 valence electrons. The summed E-state index contributed by atoms with van der Waals surface area (Å²) in [6.45, 7) is 4.55. The maximum absolute atomic E-state index is 12.1. The van der Waals surface area contributed by atoms with E-state index in [0.29, 0.717) is 23.6 Å². The number of hydrogen-bond donors (Lipinski definition) is 1. The van der Waals surface area contributed by atoms with Gasteiger partial charge < -0.3 is 5.32 Å². The van der Waals surface area contributed by atoms with Crippen molar-refractivity contribution in [1.82, 2.24) is 5.32 Å². The Morgan fingerprint density at radius 1 is 1.30 bits per heavy atom. The zero-order valence-electron chi connectivity index (χ0n) is 12.1. The van der Waals surface area contributed by atoms with Crippen LogP contribution in [0.4, 0.5) is 0 Å². The maximum atomic E-state index is 12.1. The minimum absolute atomic E-state index is 0.156. The van der Waals surface area contributed by atoms with Crippen LogP contribution in [0.25, 0.3) is 0 Å². The van der Waals surface area contributed by atoms with Gasteiger partial charge in [0.15, 0.2) is 0 Å². The number of amides is 1. The fourth-order valence-electron chi connectivity index (χ4n) is 2.71. The summed E-state index contributed by atoms with van der Waals surface area (Å²) in [5.74, 6) is 1.96. The monoisotopic (exact) mass is 355 g/mol. The van der Waals surface area contributed by atoms with Crippen molar-refractivity contribution in [3.8, 4) is 0 Å². The molecule has 1 aliphatic carbocycles. The van der Waals surface area contributed by atoms with Gasteiger partial charge in [-0.2, -0.15) is 0 Å². The number of hydrogen-bond acceptors (Lipinski definition) is 2. The Labute approximate surface area is 134 Å². The minimum Gasteiger partial charge on any atom is -0.352 e. The van der Waals surface area contributed by atoms with Gasteiger partial charge in [-0.05, 0) is 42.5 Å². The second-order valence-electron chi connectivity index (χ2n) is 5.68. The van der Waals surface area contributed by atoms with Gasteiger partial charge in [-0.3, -0.25) is 4.79 Å². The van der Waals surface area contributed by atoms with Crippen LogP contribution in [-0.2, 0) is 4.79 Å². The largest absolute Gasteiger partial charge is 0.352 e. The Morgan fingerprint density at radius 3 is 2.70 bits per heavy atom. The standard InChI is InChI=1S/C16H22BrNOS/c1-11-4-3-5-15(12(11)2)18-16(19)10-20-14-8-6-13(17)7-9-14/h6-9,11-12,15H,3-5,10H2,1-2H3,(H,18,19)/t11-,12+,15-/m1/s1. The summed E-state index contributed by atoms with van der Waals surface area (Å²) in [5.41, 5.74) is 0. The average Bonchev–Trinajstić information content (AvgIpc) is 2.43. The highest BCUT2D eigenvalue weighted by Crippen LogP contribution is 2.29. The molecule has 1 amide bonds. The van der Waals surface area contributed by atoms with E-state index in [1.807, 2.05) is 24.3 Å². The molecule has 3 atom stereocenters. The van der Waals surface area contributed by atoms with Crippen LogP contribution in [-0.4, -0.2) is 17.7 Å². The maximum Gasteiger partial charge on any atom is 0.230 e. The second-order valence-corrected chi connectivity index (χ2v) is 7.65. The molecule has 1 fully saturated rings. The van der Waals surface area contributed by atoms with Gasteiger partial charge in [-0.15, -0.1) is 11.8 Å². The van der Waals surface area contributed by atoms with Gasteiger partial charge in [0.2, 0.25) is 5.91 Å². The lowest BCUT2D eigenvalue weighted by atomic mass is 9.78. The van der Waals surface area contributed by atoms with Crippen molar-refractivity contribution in [1.29, 1.82) is 0 Å². The first-order valence-corrected chi connectivity index (χ1v) is 9.02. The molecule has 1 saturated carbocycles. The first-order chi connectivity index (χ1) is 9.56. The molecule has 0 heterocycles. The molecule has 2 rings (SSSR count). The molecule has 0 aromatic heterocycles. The number of thioether (sulfide) groups is 1. The van der Waals surface area contributed by atoms with E-state index in [-0.39, 0.29) is 5.91 Å². The molecule has 1 aromatic carbocycles. The molecule has 1 aromatic rings. The highest BCUT2D eigenvalue weighted by Gasteiger charge is 2.27. The number of carbonyl (C=O) groups is 1. The van der Waals surface area contributed by atoms with Crippen molar-refractivity contribution >= 4 is 33.6 Å². The molecule has 1 aliphatic rings. The number of nitrogens with one attached hydrogen (secondary N) is 1. The lowest BCUT2D eigenvalue weighted by Crippen LogP contribution is -2.44. The summed E-state index contributed by atoms with van der Waals surface area (Å²) in [6.07, 6.45) is 3.65. The molecule has 0 spiro atoms. The number of halogens is 1. The summed E-state index contributed by atoms with van der Waals surface area (Å²) in [5, 5.41) is 3.21. The third kappa shape index (κ3) is 4.52. The van der Waals surface area contributed by atoms with Crippen LogP contribution >= 0.6 is 27.7 Å². The molecule has 0 bridgehead atoms. The SMILES string of the molecule is C[C@H]1[C@H](C)CCC[C@H]1NC(=O)CSc1ccc(Br)cc1. The molecule has 0 saturated heterocycles. The molecular weight excluding hydrogens is 334 g/mol. The quantitative estimate of drug-likeness (QED) is 0.806. The van der Waals surface area contributed by atoms with E-state index in [0.717, 1.165) is 15.8 Å². The second kappa shape index (κ2) is 7.51. The number of benzene rings is 1. The van der Waals surface area contributed by atoms with Gasteiger partial charge in [-0.1, -0.05) is 42.6 Å². The third-order valence-corrected chi connectivity index (χ3v) is 5.78. The van der Waals surface area contributed by atoms with Gasteiger partial charge in [0.25, 0.3) is 0 Å². The number of carbonyl (C=O) groups excluding carboxylic acids is 1. The topological polar surface area (TPSA) is 29.1 Å². The van der Waals surface area contributed by atoms with Crippen LogP contribution in [0.1, 0.15) is 33.1 Å². The van der Waals surface area contributed by atoms with E-state index < -0.39 is 0 Å². The average molecular weight is 356 g/mol. The summed E-state index contributed by atoms with van der Waals surface area (Å²) in [4.78, 5) is 13.2. The van der Waals surface area contributed by atoms with Gasteiger partial charge in [0.05, 0.1) is 5.75 Å². The van der Waals surface area contributed by atoms with Crippen molar-refractivity contribution in [2.24, 2.45) is 11.8 Å². The predicted molar refractivity (Wildman–Crippen MR) is 89.0 cm³/mol. The summed E-state index contributed by atoms with van der Waals surface area (Å²) in [7, 11) is 0. The van der Waals surface area contributed by atoms with Gasteiger partial charge in [0, 0.05) is 15.4 Å². The van der Waals surface area contributed by atoms with E-state index in [1.54, 1.807) is 11.8 Å². The van der Waals surface area contributed by atoms with Crippen molar-refractivity contribution in [3.05, 3.63) is 28.7 Å². The number of rotatable bonds is 4. The van der Waals surface area contributed by atoms with Crippen LogP contribution in [0.5, 0.6) is 0 Å². The van der Waals surface area contributed by atoms with Crippen LogP contribution in [0, 0.1) is 11.8 Å². The van der Waals surface area contributed by atoms with Crippen LogP contribution in [0.2, 0.25) is 0 Å². The first-order valence-electron chi connectivity index (χ1n) is 7.24. The normalized spacial score (nSPS) is 26.2. The van der Waals surface area contributed by atoms with Crippen LogP contribution in [0.3, 0.4) is 0 Å². The Bertz CT molecular complexity index is 448. The molecule has 2 nitrogen and oxygen atoms in total. The van der Waals surface area contributed by atoms with Crippen molar-refractivity contribution in [2.45, 2.75) is 44.0 Å². The Hall–Kier alpha value is -0.480. The highest BCUT2D eigenvalue weighted by molar-refractivity contribution is 9.10. The summed E-state index contributed by atoms with van der Waals surface area (Å²) < 4.78 is 1.07. The molecule has 20 heavy (non-hydrogen) atoms. The molecular formula is C16H22BrNOS. The van der Waals surface area contributed by atoms with Crippen molar-refractivity contribution in [3.63, 3.8) is 0 Å². The Balaban J connectivity index is 1.79. The molecule has 0 radical (unpaired) electrons. The third-order valence-electron chi connectivity index (χ3n) is 4.24. The zero-order valence-corrected chi connectivity index (χ0v) is 14.5. The van der Waals surface area contributed by atoms with E-state index >= 15 is 0 Å². The van der Waals surface area contributed by atoms with Crippen LogP contribution < -0.4 is 5.32 Å². The predicted octanol–water partition coefficient (Wildman–Crippen LogP) is 4.48.